The highest BCUT2D eigenvalue weighted by atomic mass is 16.6. The number of hydrogen-bond donors (Lipinski definition) is 2. The third-order valence-electron chi connectivity index (χ3n) is 4.44. The van der Waals surface area contributed by atoms with Crippen LogP contribution in [0.1, 0.15) is 50.9 Å². The first kappa shape index (κ1) is 22.3. The zero-order chi connectivity index (χ0) is 22.8. The van der Waals surface area contributed by atoms with Gasteiger partial charge in [-0.05, 0) is 58.7 Å². The number of benzene rings is 1. The quantitative estimate of drug-likeness (QED) is 0.509. The van der Waals surface area contributed by atoms with E-state index < -0.39 is 23.1 Å². The molecule has 1 heterocycles. The Morgan fingerprint density at radius 3 is 2.58 bits per heavy atom. The number of aromatic nitrogens is 2. The van der Waals surface area contributed by atoms with Gasteiger partial charge in [0.05, 0.1) is 24.1 Å². The van der Waals surface area contributed by atoms with Crippen molar-refractivity contribution in [2.45, 2.75) is 58.7 Å². The molecule has 0 saturated heterocycles. The fourth-order valence-corrected chi connectivity index (χ4v) is 3.03. The van der Waals surface area contributed by atoms with Crippen molar-refractivity contribution >= 4 is 23.4 Å². The number of carbonyl (C=O) groups is 2. The lowest BCUT2D eigenvalue weighted by Gasteiger charge is -2.21. The van der Waals surface area contributed by atoms with E-state index in [0.29, 0.717) is 16.9 Å². The Kier molecular flexibility index (Phi) is 6.33. The van der Waals surface area contributed by atoms with Crippen molar-refractivity contribution in [3.63, 3.8) is 0 Å². The number of rotatable bonds is 7. The maximum Gasteiger partial charge on any atom is 0.338 e. The molecule has 0 aliphatic heterocycles. The van der Waals surface area contributed by atoms with Crippen molar-refractivity contribution < 1.29 is 19.1 Å². The topological polar surface area (TPSA) is 126 Å². The molecule has 3 N–H and O–H groups in total. The lowest BCUT2D eigenvalue weighted by atomic mass is 10.1. The predicted octanol–water partition coefficient (Wildman–Crippen LogP) is 2.59. The number of anilines is 2. The van der Waals surface area contributed by atoms with E-state index in [1.165, 1.54) is 16.8 Å². The molecular weight excluding hydrogens is 400 g/mol. The number of ether oxygens (including phenoxy) is 2. The number of hydrogen-bond acceptors (Lipinski definition) is 8. The molecule has 9 nitrogen and oxygen atoms in total. The average molecular weight is 428 g/mol. The summed E-state index contributed by atoms with van der Waals surface area (Å²) >= 11 is 0. The van der Waals surface area contributed by atoms with Crippen LogP contribution in [0.4, 0.5) is 11.5 Å². The normalized spacial score (nSPS) is 13.5. The van der Waals surface area contributed by atoms with E-state index in [2.05, 4.69) is 10.3 Å². The van der Waals surface area contributed by atoms with Crippen molar-refractivity contribution in [1.29, 1.82) is 0 Å². The van der Waals surface area contributed by atoms with Gasteiger partial charge in [-0.1, -0.05) is 0 Å². The molecule has 1 aromatic carbocycles. The van der Waals surface area contributed by atoms with E-state index >= 15 is 0 Å². The van der Waals surface area contributed by atoms with Crippen LogP contribution in [-0.4, -0.2) is 39.7 Å². The molecule has 2 aromatic rings. The molecule has 0 radical (unpaired) electrons. The Labute approximate surface area is 180 Å². The molecule has 166 valence electrons. The summed E-state index contributed by atoms with van der Waals surface area (Å²) in [5.74, 6) is -0.921. The van der Waals surface area contributed by atoms with Crippen LogP contribution in [0.5, 0.6) is 0 Å². The molecule has 1 aromatic heterocycles. The van der Waals surface area contributed by atoms with E-state index in [-0.39, 0.29) is 30.6 Å². The first-order chi connectivity index (χ1) is 14.6. The highest BCUT2D eigenvalue weighted by Gasteiger charge is 2.25. The van der Waals surface area contributed by atoms with Gasteiger partial charge in [0.15, 0.2) is 5.82 Å². The molecule has 0 bridgehead atoms. The Hall–Kier alpha value is -3.36. The summed E-state index contributed by atoms with van der Waals surface area (Å²) in [7, 11) is 0. The first-order valence-corrected chi connectivity index (χ1v) is 10.2. The third-order valence-corrected chi connectivity index (χ3v) is 4.44. The second-order valence-electron chi connectivity index (χ2n) is 8.45. The Bertz CT molecular complexity index is 1050. The van der Waals surface area contributed by atoms with Crippen LogP contribution >= 0.6 is 0 Å². The van der Waals surface area contributed by atoms with E-state index in [9.17, 15) is 14.4 Å². The van der Waals surface area contributed by atoms with Gasteiger partial charge < -0.3 is 20.5 Å². The standard InChI is InChI=1S/C22H28N4O5/c1-5-30-21(29)14-8-13(9-15(23)10-14)17-11-24-19(25-16-6-7-16)20(28)26(17)12-18(27)31-22(2,3)4/h8-11,16H,5-7,12,23H2,1-4H3,(H,24,25). The van der Waals surface area contributed by atoms with Crippen LogP contribution in [0.3, 0.4) is 0 Å². The summed E-state index contributed by atoms with van der Waals surface area (Å²) in [6, 6.07) is 4.88. The monoisotopic (exact) mass is 428 g/mol. The Balaban J connectivity index is 2.06. The van der Waals surface area contributed by atoms with Gasteiger partial charge in [-0.15, -0.1) is 0 Å². The molecule has 1 aliphatic rings. The minimum Gasteiger partial charge on any atom is -0.462 e. The minimum atomic E-state index is -0.697. The van der Waals surface area contributed by atoms with Crippen LogP contribution in [0, 0.1) is 0 Å². The van der Waals surface area contributed by atoms with E-state index in [0.717, 1.165) is 12.8 Å². The fraction of sp³-hybridized carbons (Fsp3) is 0.455. The summed E-state index contributed by atoms with van der Waals surface area (Å²) in [5, 5.41) is 3.09. The van der Waals surface area contributed by atoms with Gasteiger partial charge in [0.25, 0.3) is 5.56 Å². The number of nitrogens with two attached hydrogens (primary N) is 1. The van der Waals surface area contributed by atoms with Gasteiger partial charge in [0.1, 0.15) is 12.1 Å². The van der Waals surface area contributed by atoms with Crippen LogP contribution in [0.2, 0.25) is 0 Å². The van der Waals surface area contributed by atoms with Gasteiger partial charge in [-0.2, -0.15) is 0 Å². The summed E-state index contributed by atoms with van der Waals surface area (Å²) < 4.78 is 11.7. The summed E-state index contributed by atoms with van der Waals surface area (Å²) in [4.78, 5) is 42.1. The number of nitrogens with zero attached hydrogens (tertiary/aromatic N) is 2. The van der Waals surface area contributed by atoms with Gasteiger partial charge >= 0.3 is 11.9 Å². The van der Waals surface area contributed by atoms with Crippen molar-refractivity contribution in [2.24, 2.45) is 0 Å². The van der Waals surface area contributed by atoms with Gasteiger partial charge in [0.2, 0.25) is 0 Å². The second-order valence-corrected chi connectivity index (χ2v) is 8.45. The molecule has 9 heteroatoms. The van der Waals surface area contributed by atoms with Crippen LogP contribution in [-0.2, 0) is 20.8 Å². The molecule has 31 heavy (non-hydrogen) atoms. The summed E-state index contributed by atoms with van der Waals surface area (Å²) in [5.41, 5.74) is 6.21. The average Bonchev–Trinajstić information content (AvgIpc) is 3.47. The highest BCUT2D eigenvalue weighted by Crippen LogP contribution is 2.26. The largest absolute Gasteiger partial charge is 0.462 e. The van der Waals surface area contributed by atoms with Gasteiger partial charge in [0, 0.05) is 17.3 Å². The second kappa shape index (κ2) is 8.79. The molecule has 1 aliphatic carbocycles. The Morgan fingerprint density at radius 1 is 1.26 bits per heavy atom. The lowest BCUT2D eigenvalue weighted by molar-refractivity contribution is -0.155. The van der Waals surface area contributed by atoms with Crippen molar-refractivity contribution in [2.75, 3.05) is 17.7 Å². The number of esters is 2. The van der Waals surface area contributed by atoms with Crippen LogP contribution < -0.4 is 16.6 Å². The molecule has 0 unspecified atom stereocenters. The van der Waals surface area contributed by atoms with Gasteiger partial charge in [-0.3, -0.25) is 14.2 Å². The summed E-state index contributed by atoms with van der Waals surface area (Å²) in [6.07, 6.45) is 3.42. The molecule has 0 atom stereocenters. The van der Waals surface area contributed by atoms with E-state index in [1.54, 1.807) is 39.8 Å². The lowest BCUT2D eigenvalue weighted by Crippen LogP contribution is -2.33. The molecule has 1 saturated carbocycles. The number of nitrogens with one attached hydrogen (secondary N) is 1. The first-order valence-electron chi connectivity index (χ1n) is 10.2. The van der Waals surface area contributed by atoms with Crippen LogP contribution in [0.15, 0.2) is 29.2 Å². The molecular formula is C22H28N4O5. The minimum absolute atomic E-state index is 0.171. The maximum absolute atomic E-state index is 13.1. The van der Waals surface area contributed by atoms with Gasteiger partial charge in [-0.25, -0.2) is 9.78 Å². The molecule has 0 spiro atoms. The smallest absolute Gasteiger partial charge is 0.338 e. The zero-order valence-electron chi connectivity index (χ0n) is 18.2. The maximum atomic E-state index is 13.1. The van der Waals surface area contributed by atoms with Crippen molar-refractivity contribution in [3.05, 3.63) is 40.3 Å². The SMILES string of the molecule is CCOC(=O)c1cc(N)cc(-c2cnc(NC3CC3)c(=O)n2CC(=O)OC(C)(C)C)c1. The van der Waals surface area contributed by atoms with Crippen molar-refractivity contribution in [3.8, 4) is 11.3 Å². The predicted molar refractivity (Wildman–Crippen MR) is 117 cm³/mol. The number of nitrogen functional groups attached to an aromatic ring is 1. The fourth-order valence-electron chi connectivity index (χ4n) is 3.03. The Morgan fingerprint density at radius 2 is 1.97 bits per heavy atom. The molecule has 3 rings (SSSR count). The molecule has 0 amide bonds. The van der Waals surface area contributed by atoms with E-state index in [4.69, 9.17) is 15.2 Å². The van der Waals surface area contributed by atoms with Crippen LogP contribution in [0.25, 0.3) is 11.3 Å². The zero-order valence-corrected chi connectivity index (χ0v) is 18.2. The highest BCUT2D eigenvalue weighted by molar-refractivity contribution is 5.92. The summed E-state index contributed by atoms with van der Waals surface area (Å²) in [6.45, 7) is 6.88. The molecule has 1 fully saturated rings. The van der Waals surface area contributed by atoms with E-state index in [1.807, 2.05) is 0 Å². The number of carbonyl (C=O) groups excluding carboxylic acids is 2. The van der Waals surface area contributed by atoms with Crippen molar-refractivity contribution in [1.82, 2.24) is 9.55 Å². The third kappa shape index (κ3) is 5.84.